The summed E-state index contributed by atoms with van der Waals surface area (Å²) in [5.74, 6) is 1.79. The Morgan fingerprint density at radius 2 is 1.70 bits per heavy atom. The van der Waals surface area contributed by atoms with Crippen molar-refractivity contribution in [1.29, 1.82) is 0 Å². The molecule has 1 aromatic carbocycles. The molecular weight excluding hydrogens is 310 g/mol. The van der Waals surface area contributed by atoms with Gasteiger partial charge in [-0.2, -0.15) is 0 Å². The van der Waals surface area contributed by atoms with E-state index in [0.29, 0.717) is 19.1 Å². The van der Waals surface area contributed by atoms with Crippen LogP contribution in [0.2, 0.25) is 5.02 Å². The molecule has 124 valence electrons. The molecule has 1 aliphatic carbocycles. The first-order valence-electron chi connectivity index (χ1n) is 8.82. The first-order chi connectivity index (χ1) is 11.2. The van der Waals surface area contributed by atoms with Crippen molar-refractivity contribution in [3.63, 3.8) is 0 Å². The number of ether oxygens (including phenoxy) is 1. The van der Waals surface area contributed by atoms with Crippen LogP contribution in [0.1, 0.15) is 37.7 Å². The number of benzene rings is 1. The topological polar surface area (TPSA) is 29.5 Å². The van der Waals surface area contributed by atoms with Crippen molar-refractivity contribution in [1.82, 2.24) is 4.90 Å². The smallest absolute Gasteiger partial charge is 0.233 e. The lowest BCUT2D eigenvalue weighted by atomic mass is 9.73. The Morgan fingerprint density at radius 3 is 2.30 bits per heavy atom. The van der Waals surface area contributed by atoms with Crippen molar-refractivity contribution in [2.45, 2.75) is 37.5 Å². The van der Waals surface area contributed by atoms with Gasteiger partial charge in [0.05, 0.1) is 5.41 Å². The fraction of sp³-hybridized carbons (Fsp3) is 0.632. The van der Waals surface area contributed by atoms with Crippen LogP contribution in [-0.2, 0) is 14.9 Å². The van der Waals surface area contributed by atoms with Gasteiger partial charge in [0.2, 0.25) is 5.91 Å². The molecule has 2 atom stereocenters. The van der Waals surface area contributed by atoms with Gasteiger partial charge in [-0.25, -0.2) is 0 Å². The molecular formula is C19H24ClNO2. The van der Waals surface area contributed by atoms with E-state index in [0.717, 1.165) is 48.4 Å². The predicted molar refractivity (Wildman–Crippen MR) is 90.6 cm³/mol. The van der Waals surface area contributed by atoms with E-state index in [9.17, 15) is 4.79 Å². The van der Waals surface area contributed by atoms with E-state index >= 15 is 0 Å². The highest BCUT2D eigenvalue weighted by Crippen LogP contribution is 2.42. The highest BCUT2D eigenvalue weighted by Gasteiger charge is 2.47. The van der Waals surface area contributed by atoms with Gasteiger partial charge in [-0.1, -0.05) is 30.2 Å². The molecule has 2 heterocycles. The molecule has 1 aromatic rings. The molecule has 3 fully saturated rings. The fourth-order valence-electron chi connectivity index (χ4n) is 4.82. The maximum atomic E-state index is 13.5. The number of likely N-dealkylation sites (tertiary alicyclic amines) is 1. The summed E-state index contributed by atoms with van der Waals surface area (Å²) in [5.41, 5.74) is 0.689. The third-order valence-corrected chi connectivity index (χ3v) is 6.42. The van der Waals surface area contributed by atoms with Crippen molar-refractivity contribution in [2.75, 3.05) is 26.3 Å². The minimum Gasteiger partial charge on any atom is -0.381 e. The van der Waals surface area contributed by atoms with Gasteiger partial charge in [-0.15, -0.1) is 0 Å². The standard InChI is InChI=1S/C19H24ClNO2/c20-17-6-4-16(5-7-17)19(8-10-23-11-9-19)18(22)21-12-14-2-1-3-15(14)13-21/h4-7,14-15H,1-3,8-13H2/t14-,15+. The van der Waals surface area contributed by atoms with Crippen molar-refractivity contribution in [2.24, 2.45) is 11.8 Å². The molecule has 0 unspecified atom stereocenters. The Bertz CT molecular complexity index is 568. The molecule has 0 N–H and O–H groups in total. The lowest BCUT2D eigenvalue weighted by Gasteiger charge is -2.39. The summed E-state index contributed by atoms with van der Waals surface area (Å²) in [6, 6.07) is 7.87. The summed E-state index contributed by atoms with van der Waals surface area (Å²) in [4.78, 5) is 15.6. The molecule has 23 heavy (non-hydrogen) atoms. The third-order valence-electron chi connectivity index (χ3n) is 6.17. The molecule has 1 amide bonds. The first kappa shape index (κ1) is 15.5. The fourth-order valence-corrected chi connectivity index (χ4v) is 4.94. The molecule has 3 aliphatic rings. The molecule has 4 rings (SSSR count). The Kier molecular flexibility index (Phi) is 4.10. The van der Waals surface area contributed by atoms with Crippen molar-refractivity contribution >= 4 is 17.5 Å². The van der Waals surface area contributed by atoms with Crippen molar-refractivity contribution in [3.05, 3.63) is 34.9 Å². The third kappa shape index (κ3) is 2.68. The van der Waals surface area contributed by atoms with Gasteiger partial charge in [0.15, 0.2) is 0 Å². The number of carbonyl (C=O) groups is 1. The molecule has 0 radical (unpaired) electrons. The Hall–Kier alpha value is -1.06. The van der Waals surface area contributed by atoms with Gasteiger partial charge >= 0.3 is 0 Å². The summed E-state index contributed by atoms with van der Waals surface area (Å²) < 4.78 is 5.56. The number of halogens is 1. The van der Waals surface area contributed by atoms with Crippen molar-refractivity contribution < 1.29 is 9.53 Å². The number of fused-ring (bicyclic) bond motifs is 1. The molecule has 2 saturated heterocycles. The van der Waals surface area contributed by atoms with E-state index in [1.54, 1.807) is 0 Å². The van der Waals surface area contributed by atoms with E-state index in [2.05, 4.69) is 4.90 Å². The number of nitrogens with zero attached hydrogens (tertiary/aromatic N) is 1. The molecule has 0 aromatic heterocycles. The van der Waals surface area contributed by atoms with Gasteiger partial charge in [0, 0.05) is 31.3 Å². The molecule has 2 aliphatic heterocycles. The van der Waals surface area contributed by atoms with E-state index in [1.165, 1.54) is 19.3 Å². The number of carbonyl (C=O) groups excluding carboxylic acids is 1. The predicted octanol–water partition coefficient (Wildman–Crippen LogP) is 3.65. The minimum atomic E-state index is -0.415. The normalized spacial score (nSPS) is 29.5. The highest BCUT2D eigenvalue weighted by molar-refractivity contribution is 6.30. The number of hydrogen-bond donors (Lipinski definition) is 0. The zero-order valence-electron chi connectivity index (χ0n) is 13.5. The van der Waals surface area contributed by atoms with Gasteiger partial charge < -0.3 is 9.64 Å². The maximum Gasteiger partial charge on any atom is 0.233 e. The number of rotatable bonds is 2. The zero-order chi connectivity index (χ0) is 15.9. The maximum absolute atomic E-state index is 13.5. The molecule has 0 spiro atoms. The molecule has 1 saturated carbocycles. The van der Waals surface area contributed by atoms with Crippen LogP contribution in [0.3, 0.4) is 0 Å². The van der Waals surface area contributed by atoms with Gasteiger partial charge in [0.25, 0.3) is 0 Å². The van der Waals surface area contributed by atoms with E-state index < -0.39 is 5.41 Å². The van der Waals surface area contributed by atoms with Crippen LogP contribution in [0, 0.1) is 11.8 Å². The number of amides is 1. The van der Waals surface area contributed by atoms with Crippen LogP contribution in [0.15, 0.2) is 24.3 Å². The minimum absolute atomic E-state index is 0.317. The lowest BCUT2D eigenvalue weighted by molar-refractivity contribution is -0.140. The first-order valence-corrected chi connectivity index (χ1v) is 9.20. The van der Waals surface area contributed by atoms with E-state index in [-0.39, 0.29) is 0 Å². The van der Waals surface area contributed by atoms with Gasteiger partial charge in [-0.05, 0) is 55.2 Å². The van der Waals surface area contributed by atoms with Crippen LogP contribution >= 0.6 is 11.6 Å². The summed E-state index contributed by atoms with van der Waals surface area (Å²) in [6.07, 6.45) is 5.49. The van der Waals surface area contributed by atoms with Crippen molar-refractivity contribution in [3.8, 4) is 0 Å². The Balaban J connectivity index is 1.63. The number of hydrogen-bond acceptors (Lipinski definition) is 2. The van der Waals surface area contributed by atoms with Crippen LogP contribution in [0.4, 0.5) is 0 Å². The van der Waals surface area contributed by atoms with Gasteiger partial charge in [0.1, 0.15) is 0 Å². The quantitative estimate of drug-likeness (QED) is 0.826. The molecule has 3 nitrogen and oxygen atoms in total. The molecule has 0 bridgehead atoms. The highest BCUT2D eigenvalue weighted by atomic mass is 35.5. The van der Waals surface area contributed by atoms with E-state index in [1.807, 2.05) is 24.3 Å². The SMILES string of the molecule is O=C(N1C[C@H]2CCC[C@H]2C1)C1(c2ccc(Cl)cc2)CCOCC1. The summed E-state index contributed by atoms with van der Waals surface area (Å²) in [6.45, 7) is 3.24. The lowest BCUT2D eigenvalue weighted by Crippen LogP contribution is -2.49. The van der Waals surface area contributed by atoms with Crippen LogP contribution in [0.5, 0.6) is 0 Å². The van der Waals surface area contributed by atoms with Crippen LogP contribution in [0.25, 0.3) is 0 Å². The summed E-state index contributed by atoms with van der Waals surface area (Å²) in [7, 11) is 0. The van der Waals surface area contributed by atoms with Gasteiger partial charge in [-0.3, -0.25) is 4.79 Å². The monoisotopic (exact) mass is 333 g/mol. The second kappa shape index (κ2) is 6.10. The second-order valence-electron chi connectivity index (χ2n) is 7.36. The zero-order valence-corrected chi connectivity index (χ0v) is 14.2. The summed E-state index contributed by atoms with van der Waals surface area (Å²) >= 11 is 6.05. The Morgan fingerprint density at radius 1 is 1.09 bits per heavy atom. The Labute approximate surface area is 142 Å². The largest absolute Gasteiger partial charge is 0.381 e. The van der Waals surface area contributed by atoms with Crippen LogP contribution < -0.4 is 0 Å². The summed E-state index contributed by atoms with van der Waals surface area (Å²) in [5, 5.41) is 0.721. The average Bonchev–Trinajstić information content (AvgIpc) is 3.17. The second-order valence-corrected chi connectivity index (χ2v) is 7.80. The average molecular weight is 334 g/mol. The molecule has 4 heteroatoms. The van der Waals surface area contributed by atoms with Crippen LogP contribution in [-0.4, -0.2) is 37.1 Å². The van der Waals surface area contributed by atoms with E-state index in [4.69, 9.17) is 16.3 Å².